The van der Waals surface area contributed by atoms with Crippen LogP contribution in [0.4, 0.5) is 0 Å². The summed E-state index contributed by atoms with van der Waals surface area (Å²) in [5.74, 6) is 0.103. The highest BCUT2D eigenvalue weighted by Gasteiger charge is 2.21. The van der Waals surface area contributed by atoms with Gasteiger partial charge in [-0.05, 0) is 6.92 Å². The van der Waals surface area contributed by atoms with Crippen molar-refractivity contribution < 1.29 is 14.6 Å². The normalized spacial score (nSPS) is 16.4. The summed E-state index contributed by atoms with van der Waals surface area (Å²) in [7, 11) is 0. The van der Waals surface area contributed by atoms with Crippen molar-refractivity contribution in [3.63, 3.8) is 0 Å². The zero-order chi connectivity index (χ0) is 15.1. The van der Waals surface area contributed by atoms with Gasteiger partial charge in [-0.2, -0.15) is 5.10 Å². The van der Waals surface area contributed by atoms with E-state index in [-0.39, 0.29) is 19.1 Å². The van der Waals surface area contributed by atoms with E-state index in [0.717, 1.165) is 38.4 Å². The van der Waals surface area contributed by atoms with Gasteiger partial charge in [0, 0.05) is 44.5 Å². The molecule has 2 heterocycles. The number of hydrogen-bond donors (Lipinski definition) is 1. The van der Waals surface area contributed by atoms with Crippen molar-refractivity contribution in [2.45, 2.75) is 13.5 Å². The predicted octanol–water partition coefficient (Wildman–Crippen LogP) is -0.855. The summed E-state index contributed by atoms with van der Waals surface area (Å²) < 4.78 is 6.93. The summed E-state index contributed by atoms with van der Waals surface area (Å²) in [5.41, 5.74) is 0.878. The SMILES string of the molecule is Cc1[c]cnn1CC(=O)N1CCN(CCOCCO)CC1. The molecule has 1 aliphatic heterocycles. The Bertz CT molecular complexity index is 441. The second kappa shape index (κ2) is 8.11. The van der Waals surface area contributed by atoms with Crippen molar-refractivity contribution in [1.29, 1.82) is 0 Å². The molecule has 117 valence electrons. The Morgan fingerprint density at radius 1 is 1.38 bits per heavy atom. The van der Waals surface area contributed by atoms with Gasteiger partial charge in [0.05, 0.1) is 26.0 Å². The molecule has 21 heavy (non-hydrogen) atoms. The third-order valence-corrected chi connectivity index (χ3v) is 3.66. The van der Waals surface area contributed by atoms with Crippen LogP contribution < -0.4 is 0 Å². The third-order valence-electron chi connectivity index (χ3n) is 3.66. The summed E-state index contributed by atoms with van der Waals surface area (Å²) in [6.07, 6.45) is 1.59. The lowest BCUT2D eigenvalue weighted by atomic mass is 10.3. The molecule has 1 fully saturated rings. The highest BCUT2D eigenvalue weighted by molar-refractivity contribution is 5.76. The van der Waals surface area contributed by atoms with Crippen LogP contribution in [0.3, 0.4) is 0 Å². The molecule has 2 rings (SSSR count). The van der Waals surface area contributed by atoms with Crippen LogP contribution in [0.25, 0.3) is 0 Å². The van der Waals surface area contributed by atoms with Gasteiger partial charge in [-0.1, -0.05) is 0 Å². The largest absolute Gasteiger partial charge is 0.394 e. The van der Waals surface area contributed by atoms with E-state index >= 15 is 0 Å². The second-order valence-corrected chi connectivity index (χ2v) is 5.09. The van der Waals surface area contributed by atoms with Crippen molar-refractivity contribution in [2.24, 2.45) is 0 Å². The minimum atomic E-state index is 0.0621. The molecule has 1 saturated heterocycles. The van der Waals surface area contributed by atoms with Crippen LogP contribution in [0.15, 0.2) is 6.20 Å². The highest BCUT2D eigenvalue weighted by Crippen LogP contribution is 2.04. The standard InChI is InChI=1S/C14H23N4O3/c1-13-2-3-15-18(13)12-14(20)17-6-4-16(5-7-17)8-10-21-11-9-19/h3,19H,4-12H2,1H3. The van der Waals surface area contributed by atoms with Crippen LogP contribution in [-0.4, -0.2) is 83.1 Å². The number of aromatic nitrogens is 2. The number of aliphatic hydroxyl groups is 1. The van der Waals surface area contributed by atoms with Gasteiger partial charge in [-0.3, -0.25) is 14.4 Å². The van der Waals surface area contributed by atoms with Gasteiger partial charge in [-0.25, -0.2) is 0 Å². The van der Waals surface area contributed by atoms with Gasteiger partial charge >= 0.3 is 0 Å². The summed E-state index contributed by atoms with van der Waals surface area (Å²) in [5, 5.41) is 12.7. The summed E-state index contributed by atoms with van der Waals surface area (Å²) >= 11 is 0. The first-order valence-corrected chi connectivity index (χ1v) is 7.29. The number of carbonyl (C=O) groups is 1. The maximum absolute atomic E-state index is 12.2. The Kier molecular flexibility index (Phi) is 6.16. The Labute approximate surface area is 125 Å². The summed E-state index contributed by atoms with van der Waals surface area (Å²) in [4.78, 5) is 16.4. The lowest BCUT2D eigenvalue weighted by molar-refractivity contribution is -0.133. The number of rotatable bonds is 7. The third kappa shape index (κ3) is 4.80. The molecule has 0 aromatic carbocycles. The first-order valence-electron chi connectivity index (χ1n) is 7.29. The number of ether oxygens (including phenoxy) is 1. The number of amides is 1. The molecule has 0 bridgehead atoms. The summed E-state index contributed by atoms with van der Waals surface area (Å²) in [6, 6.07) is 2.96. The second-order valence-electron chi connectivity index (χ2n) is 5.09. The van der Waals surface area contributed by atoms with Crippen LogP contribution in [0.5, 0.6) is 0 Å². The van der Waals surface area contributed by atoms with Gasteiger partial charge < -0.3 is 14.7 Å². The highest BCUT2D eigenvalue weighted by atomic mass is 16.5. The minimum absolute atomic E-state index is 0.0621. The topological polar surface area (TPSA) is 70.8 Å². The maximum Gasteiger partial charge on any atom is 0.244 e. The first-order chi connectivity index (χ1) is 10.2. The molecular formula is C14H23N4O3. The van der Waals surface area contributed by atoms with Crippen molar-refractivity contribution in [1.82, 2.24) is 19.6 Å². The molecule has 1 amide bonds. The van der Waals surface area contributed by atoms with Crippen molar-refractivity contribution in [3.8, 4) is 0 Å². The average molecular weight is 295 g/mol. The summed E-state index contributed by atoms with van der Waals surface area (Å²) in [6.45, 7) is 7.29. The van der Waals surface area contributed by atoms with Crippen LogP contribution in [0.1, 0.15) is 5.69 Å². The van der Waals surface area contributed by atoms with E-state index in [0.29, 0.717) is 13.2 Å². The van der Waals surface area contributed by atoms with E-state index in [1.807, 2.05) is 11.8 Å². The zero-order valence-corrected chi connectivity index (χ0v) is 12.5. The molecule has 1 aromatic heterocycles. The maximum atomic E-state index is 12.2. The molecule has 7 nitrogen and oxygen atoms in total. The minimum Gasteiger partial charge on any atom is -0.394 e. The predicted molar refractivity (Wildman–Crippen MR) is 76.7 cm³/mol. The molecule has 0 aliphatic carbocycles. The molecule has 1 radical (unpaired) electrons. The van der Waals surface area contributed by atoms with Gasteiger partial charge in [0.2, 0.25) is 5.91 Å². The molecule has 7 heteroatoms. The Morgan fingerprint density at radius 2 is 2.14 bits per heavy atom. The molecule has 1 N–H and O–H groups in total. The molecule has 0 unspecified atom stereocenters. The van der Waals surface area contributed by atoms with Crippen LogP contribution in [-0.2, 0) is 16.1 Å². The lowest BCUT2D eigenvalue weighted by Gasteiger charge is -2.34. The van der Waals surface area contributed by atoms with Crippen molar-refractivity contribution in [3.05, 3.63) is 18.0 Å². The van der Waals surface area contributed by atoms with Crippen LogP contribution in [0, 0.1) is 13.0 Å². The molecule has 1 aliphatic rings. The lowest BCUT2D eigenvalue weighted by Crippen LogP contribution is -2.50. The number of aliphatic hydroxyl groups excluding tert-OH is 1. The number of hydrogen-bond acceptors (Lipinski definition) is 5. The fourth-order valence-electron chi connectivity index (χ4n) is 2.32. The zero-order valence-electron chi connectivity index (χ0n) is 12.5. The Morgan fingerprint density at radius 3 is 2.76 bits per heavy atom. The van der Waals surface area contributed by atoms with E-state index in [4.69, 9.17) is 9.84 Å². The van der Waals surface area contributed by atoms with Crippen LogP contribution in [0.2, 0.25) is 0 Å². The number of aryl methyl sites for hydroxylation is 1. The monoisotopic (exact) mass is 295 g/mol. The average Bonchev–Trinajstić information content (AvgIpc) is 2.89. The molecule has 0 spiro atoms. The van der Waals surface area contributed by atoms with E-state index < -0.39 is 0 Å². The number of carbonyl (C=O) groups excluding carboxylic acids is 1. The molecule has 1 aromatic rings. The van der Waals surface area contributed by atoms with Gasteiger partial charge in [-0.15, -0.1) is 0 Å². The molecular weight excluding hydrogens is 272 g/mol. The Balaban J connectivity index is 1.68. The van der Waals surface area contributed by atoms with E-state index in [1.54, 1.807) is 10.9 Å². The molecule has 0 atom stereocenters. The van der Waals surface area contributed by atoms with E-state index in [9.17, 15) is 4.79 Å². The van der Waals surface area contributed by atoms with Crippen molar-refractivity contribution >= 4 is 5.91 Å². The number of piperazine rings is 1. The number of nitrogens with zero attached hydrogens (tertiary/aromatic N) is 4. The Hall–Kier alpha value is -1.44. The first kappa shape index (κ1) is 15.9. The fourth-order valence-corrected chi connectivity index (χ4v) is 2.32. The van der Waals surface area contributed by atoms with Gasteiger partial charge in [0.25, 0.3) is 0 Å². The fraction of sp³-hybridized carbons (Fsp3) is 0.714. The van der Waals surface area contributed by atoms with E-state index in [1.165, 1.54) is 0 Å². The van der Waals surface area contributed by atoms with Crippen LogP contribution >= 0.6 is 0 Å². The van der Waals surface area contributed by atoms with Gasteiger partial charge in [0.1, 0.15) is 6.54 Å². The van der Waals surface area contributed by atoms with E-state index in [2.05, 4.69) is 16.1 Å². The van der Waals surface area contributed by atoms with Crippen molar-refractivity contribution in [2.75, 3.05) is 52.5 Å². The molecule has 0 saturated carbocycles. The quantitative estimate of drug-likeness (QED) is 0.663. The smallest absolute Gasteiger partial charge is 0.244 e. The van der Waals surface area contributed by atoms with Gasteiger partial charge in [0.15, 0.2) is 0 Å².